The molecule has 4 aliphatic rings. The van der Waals surface area contributed by atoms with E-state index in [1.165, 1.54) is 60.4 Å². The molecule has 1 aliphatic carbocycles. The first kappa shape index (κ1) is 51.7. The fourth-order valence-electron chi connectivity index (χ4n) is 8.99. The van der Waals surface area contributed by atoms with Crippen LogP contribution in [-0.2, 0) is 63.5 Å². The number of nitrogens with zero attached hydrogens (tertiary/aromatic N) is 4. The van der Waals surface area contributed by atoms with E-state index in [0.717, 1.165) is 24.0 Å². The number of esters is 1. The Labute approximate surface area is 404 Å². The lowest BCUT2D eigenvalue weighted by Gasteiger charge is -2.41. The van der Waals surface area contributed by atoms with Gasteiger partial charge in [-0.05, 0) is 69.6 Å². The maximum Gasteiger partial charge on any atom is 0.409 e. The first-order valence-electron chi connectivity index (χ1n) is 22.2. The number of carbonyl (C=O) groups is 5. The van der Waals surface area contributed by atoms with Gasteiger partial charge in [-0.3, -0.25) is 24.3 Å². The largest absolute Gasteiger partial charge is 0.495 e. The van der Waals surface area contributed by atoms with E-state index in [4.69, 9.17) is 35.3 Å². The summed E-state index contributed by atoms with van der Waals surface area (Å²) in [7, 11) is 5.90. The van der Waals surface area contributed by atoms with Gasteiger partial charge in [-0.1, -0.05) is 42.3 Å². The van der Waals surface area contributed by atoms with Crippen molar-refractivity contribution in [3.63, 3.8) is 0 Å². The second kappa shape index (κ2) is 22.1. The number of anilines is 1. The van der Waals surface area contributed by atoms with Crippen molar-refractivity contribution in [1.82, 2.24) is 14.8 Å². The van der Waals surface area contributed by atoms with E-state index in [0.29, 0.717) is 42.1 Å². The zero-order valence-corrected chi connectivity index (χ0v) is 41.0. The molecule has 8 atom stereocenters. The van der Waals surface area contributed by atoms with Crippen molar-refractivity contribution in [2.45, 2.75) is 126 Å². The van der Waals surface area contributed by atoms with Gasteiger partial charge in [0.25, 0.3) is 5.91 Å². The second-order valence-electron chi connectivity index (χ2n) is 17.8. The molecule has 3 fully saturated rings. The Kier molecular flexibility index (Phi) is 17.1. The monoisotopic (exact) mass is 989 g/mol. The van der Waals surface area contributed by atoms with Crippen molar-refractivity contribution in [3.05, 3.63) is 52.6 Å². The molecule has 4 heterocycles. The standard InChI is InChI=1S/C46H60ClN5O13S2/c1-24-9-8-10-35(62-7)46(60)22-33(64-45(59)48-46)25(2)40-41(65-40)32(20-37(54)51(5)30-18-28(17-24)19-31(61-6)39(30)47)63-44(58)26(3)50(4)36(53)15-16-67-34-21-38(55)52(43(34)57)23-27-11-13-29(14-12-27)42(56)49-66/h8-10,18-19,21,25-27,29,32-33,35,40-41,55,57,60H,11-17,20,22-23H2,1-7H3,(H,48,59)/t25-,26+,27?,29?,32?,33+,35-,40+,41+,46+/m0/s1. The Morgan fingerprint density at radius 1 is 1.13 bits per heavy atom. The molecule has 3 aliphatic heterocycles. The summed E-state index contributed by atoms with van der Waals surface area (Å²) >= 11 is 12.5. The van der Waals surface area contributed by atoms with Crippen LogP contribution < -0.4 is 15.0 Å². The van der Waals surface area contributed by atoms with Crippen LogP contribution in [0.1, 0.15) is 71.3 Å². The van der Waals surface area contributed by atoms with Crippen molar-refractivity contribution < 1.29 is 63.0 Å². The number of allylic oxidation sites excluding steroid dienone is 3. The summed E-state index contributed by atoms with van der Waals surface area (Å²) in [5, 5.41) is 36.1. The molecule has 2 saturated heterocycles. The Morgan fingerprint density at radius 2 is 1.85 bits per heavy atom. The molecular weight excluding hydrogens is 930 g/mol. The summed E-state index contributed by atoms with van der Waals surface area (Å²) in [4.78, 5) is 69.4. The third-order valence-electron chi connectivity index (χ3n) is 13.3. The van der Waals surface area contributed by atoms with Crippen LogP contribution in [0.25, 0.3) is 0 Å². The van der Waals surface area contributed by atoms with Crippen molar-refractivity contribution in [1.29, 1.82) is 0 Å². The molecule has 4 amide bonds. The Bertz CT molecular complexity index is 2270. The van der Waals surface area contributed by atoms with Crippen LogP contribution in [0.5, 0.6) is 17.5 Å². The zero-order chi connectivity index (χ0) is 48.9. The lowest BCUT2D eigenvalue weighted by molar-refractivity contribution is -0.159. The molecular formula is C46H60ClN5O13S2. The highest BCUT2D eigenvalue weighted by atomic mass is 35.5. The third kappa shape index (κ3) is 12.1. The minimum absolute atomic E-state index is 0.0339. The minimum Gasteiger partial charge on any atom is -0.495 e. The number of methoxy groups -OCH3 is 2. The number of aromatic hydroxyl groups is 2. The van der Waals surface area contributed by atoms with E-state index < -0.39 is 72.1 Å². The van der Waals surface area contributed by atoms with Gasteiger partial charge in [0.15, 0.2) is 11.6 Å². The number of nitrogens with one attached hydrogen (secondary N) is 1. The van der Waals surface area contributed by atoms with Crippen molar-refractivity contribution in [3.8, 4) is 17.5 Å². The van der Waals surface area contributed by atoms with E-state index in [1.807, 2.05) is 13.0 Å². The zero-order valence-electron chi connectivity index (χ0n) is 38.6. The first-order chi connectivity index (χ1) is 31.8. The van der Waals surface area contributed by atoms with E-state index in [1.54, 1.807) is 38.3 Å². The number of halogens is 1. The van der Waals surface area contributed by atoms with Crippen LogP contribution in [0, 0.1) is 17.8 Å². The molecule has 0 radical (unpaired) electrons. The molecule has 21 heteroatoms. The second-order valence-corrected chi connectivity index (χ2v) is 19.5. The van der Waals surface area contributed by atoms with Gasteiger partial charge >= 0.3 is 12.1 Å². The van der Waals surface area contributed by atoms with Gasteiger partial charge in [-0.25, -0.2) is 9.59 Å². The van der Waals surface area contributed by atoms with E-state index in [2.05, 4.69) is 22.1 Å². The number of epoxide rings is 1. The molecule has 18 nitrogen and oxygen atoms in total. The Balaban J connectivity index is 1.15. The maximum absolute atomic E-state index is 14.2. The summed E-state index contributed by atoms with van der Waals surface area (Å²) in [6, 6.07) is 3.88. The number of alkyl carbamates (subject to hydrolysis) is 1. The maximum atomic E-state index is 14.2. The average Bonchev–Trinajstić information content (AvgIpc) is 4.06. The molecule has 1 unspecified atom stereocenters. The van der Waals surface area contributed by atoms with Crippen molar-refractivity contribution >= 4 is 71.3 Å². The number of hydrogen-bond donors (Lipinski definition) is 4. The van der Waals surface area contributed by atoms with E-state index in [-0.39, 0.29) is 59.5 Å². The molecule has 1 saturated carbocycles. The van der Waals surface area contributed by atoms with Gasteiger partial charge in [0.2, 0.25) is 17.7 Å². The summed E-state index contributed by atoms with van der Waals surface area (Å²) < 4.78 is 33.8. The molecule has 1 aromatic carbocycles. The number of benzene rings is 1. The number of likely N-dealkylation sites (N-methyl/N-ethyl adjacent to an activating group) is 1. The lowest BCUT2D eigenvalue weighted by atomic mass is 9.81. The third-order valence-corrected chi connectivity index (χ3v) is 14.9. The van der Waals surface area contributed by atoms with Gasteiger partial charge in [0.1, 0.15) is 41.2 Å². The molecule has 2 aromatic rings. The van der Waals surface area contributed by atoms with E-state index in [9.17, 15) is 39.3 Å². The van der Waals surface area contributed by atoms with Crippen molar-refractivity contribution in [2.75, 3.05) is 39.0 Å². The SMILES string of the molecule is COc1cc2cc(c1Cl)N(C)C(=O)CC(OC(=O)[C@@H](C)N(C)C(=O)CCSc1cc(O)n(CC3CCC(C(=O)N=S)CC3)c1O)[C@H]1O[C@@H]1[C@@H](C)[C@H]1C[C@](O)(NC(=O)O1)[C@@H](OC)C=CC=C(C)C2. The molecule has 1 aromatic heterocycles. The first-order valence-corrected chi connectivity index (χ1v) is 24.0. The molecule has 4 bridgehead atoms. The summed E-state index contributed by atoms with van der Waals surface area (Å²) in [5.41, 5.74) is 0.178. The Morgan fingerprint density at radius 3 is 2.52 bits per heavy atom. The normalized spacial score (nSPS) is 28.3. The Hall–Kier alpha value is -4.73. The predicted octanol–water partition coefficient (Wildman–Crippen LogP) is 5.58. The number of rotatable bonds is 12. The van der Waals surface area contributed by atoms with Crippen LogP contribution in [0.3, 0.4) is 0 Å². The summed E-state index contributed by atoms with van der Waals surface area (Å²) in [6.07, 6.45) is 2.48. The molecule has 366 valence electrons. The molecule has 4 N–H and O–H groups in total. The van der Waals surface area contributed by atoms with Crippen LogP contribution in [0.4, 0.5) is 10.5 Å². The number of aliphatic hydroxyl groups is 1. The summed E-state index contributed by atoms with van der Waals surface area (Å²) in [5.74, 6) is -2.28. The average molecular weight is 991 g/mol. The molecule has 6 rings (SSSR count). The molecule has 67 heavy (non-hydrogen) atoms. The fraction of sp³-hybridized carbons (Fsp3) is 0.587. The van der Waals surface area contributed by atoms with Crippen LogP contribution in [-0.4, -0.2) is 131 Å². The highest BCUT2D eigenvalue weighted by Gasteiger charge is 2.56. The number of fused-ring (bicyclic) bond motifs is 5. The van der Waals surface area contributed by atoms with Gasteiger partial charge in [0, 0.05) is 76.7 Å². The smallest absolute Gasteiger partial charge is 0.409 e. The topological polar surface area (TPSA) is 231 Å². The number of ether oxygens (including phenoxy) is 5. The molecule has 0 spiro atoms. The highest BCUT2D eigenvalue weighted by Crippen LogP contribution is 2.43. The van der Waals surface area contributed by atoms with Crippen LogP contribution in [0.2, 0.25) is 5.02 Å². The minimum atomic E-state index is -1.86. The number of hydrogen-bond acceptors (Lipinski definition) is 15. The van der Waals surface area contributed by atoms with Crippen LogP contribution >= 0.6 is 23.4 Å². The van der Waals surface area contributed by atoms with Gasteiger partial charge < -0.3 is 48.8 Å². The fourth-order valence-corrected chi connectivity index (χ4v) is 10.4. The number of carbonyl (C=O) groups excluding carboxylic acids is 5. The predicted molar refractivity (Wildman–Crippen MR) is 250 cm³/mol. The number of thioether (sulfide) groups is 1. The van der Waals surface area contributed by atoms with Crippen molar-refractivity contribution in [2.24, 2.45) is 22.1 Å². The number of amides is 4. The van der Waals surface area contributed by atoms with Gasteiger partial charge in [-0.15, -0.1) is 16.1 Å². The van der Waals surface area contributed by atoms with Gasteiger partial charge in [-0.2, -0.15) is 0 Å². The van der Waals surface area contributed by atoms with Gasteiger partial charge in [0.05, 0.1) is 30.2 Å². The quantitative estimate of drug-likeness (QED) is 0.116. The highest BCUT2D eigenvalue weighted by molar-refractivity contribution is 7.99. The van der Waals surface area contributed by atoms with Crippen LogP contribution in [0.15, 0.2) is 51.3 Å². The summed E-state index contributed by atoms with van der Waals surface area (Å²) in [6.45, 7) is 5.53. The lowest BCUT2D eigenvalue weighted by Crippen LogP contribution is -2.63. The van der Waals surface area contributed by atoms with E-state index >= 15 is 0 Å². The number of aromatic nitrogens is 1.